The van der Waals surface area contributed by atoms with Crippen LogP contribution in [-0.2, 0) is 4.79 Å². The summed E-state index contributed by atoms with van der Waals surface area (Å²) in [5.41, 5.74) is 0.754. The molecule has 2 rings (SSSR count). The van der Waals surface area contributed by atoms with E-state index in [4.69, 9.17) is 0 Å². The van der Waals surface area contributed by atoms with Gasteiger partial charge in [0.15, 0.2) is 0 Å². The number of carbonyl (C=O) groups is 1. The molecule has 2 aliphatic rings. The monoisotopic (exact) mass is 252 g/mol. The highest BCUT2D eigenvalue weighted by Crippen LogP contribution is 2.68. The molecule has 1 aliphatic carbocycles. The van der Waals surface area contributed by atoms with Crippen molar-refractivity contribution in [2.24, 2.45) is 16.7 Å². The van der Waals surface area contributed by atoms with Gasteiger partial charge in [0.25, 0.3) is 0 Å². The molecule has 1 unspecified atom stereocenters. The third-order valence-corrected chi connectivity index (χ3v) is 5.66. The van der Waals surface area contributed by atoms with Crippen molar-refractivity contribution in [3.63, 3.8) is 0 Å². The van der Waals surface area contributed by atoms with Gasteiger partial charge in [0.05, 0.1) is 6.04 Å². The van der Waals surface area contributed by atoms with Crippen molar-refractivity contribution >= 4 is 5.91 Å². The second kappa shape index (κ2) is 4.52. The van der Waals surface area contributed by atoms with E-state index in [1.807, 2.05) is 0 Å². The normalized spacial score (nSPS) is 29.9. The number of amides is 1. The first-order chi connectivity index (χ1) is 8.32. The molecule has 0 bridgehead atoms. The van der Waals surface area contributed by atoms with Gasteiger partial charge in [-0.15, -0.1) is 0 Å². The zero-order valence-corrected chi connectivity index (χ0v) is 12.5. The molecule has 1 saturated heterocycles. The van der Waals surface area contributed by atoms with Gasteiger partial charge >= 0.3 is 0 Å². The fourth-order valence-corrected chi connectivity index (χ4v) is 3.44. The largest absolute Gasteiger partial charge is 0.341 e. The van der Waals surface area contributed by atoms with E-state index < -0.39 is 0 Å². The summed E-state index contributed by atoms with van der Waals surface area (Å²) in [6.45, 7) is 14.3. The molecule has 1 heterocycles. The fourth-order valence-electron chi connectivity index (χ4n) is 3.44. The summed E-state index contributed by atoms with van der Waals surface area (Å²) in [6, 6.07) is 0.0786. The van der Waals surface area contributed by atoms with Crippen LogP contribution in [0.2, 0.25) is 0 Å². The third kappa shape index (κ3) is 2.07. The van der Waals surface area contributed by atoms with E-state index in [2.05, 4.69) is 44.8 Å². The molecule has 3 nitrogen and oxygen atoms in total. The fraction of sp³-hybridized carbons (Fsp3) is 0.933. The Balaban J connectivity index is 1.88. The number of nitrogens with one attached hydrogen (secondary N) is 1. The van der Waals surface area contributed by atoms with Crippen LogP contribution in [0.5, 0.6) is 0 Å². The van der Waals surface area contributed by atoms with E-state index in [1.165, 1.54) is 0 Å². The van der Waals surface area contributed by atoms with Crippen LogP contribution in [-0.4, -0.2) is 36.5 Å². The van der Waals surface area contributed by atoms with Gasteiger partial charge in [-0.1, -0.05) is 34.6 Å². The zero-order valence-electron chi connectivity index (χ0n) is 12.5. The van der Waals surface area contributed by atoms with Crippen LogP contribution in [0.25, 0.3) is 0 Å². The van der Waals surface area contributed by atoms with Crippen molar-refractivity contribution in [2.45, 2.75) is 53.5 Å². The highest BCUT2D eigenvalue weighted by Gasteiger charge is 2.65. The Morgan fingerprint density at radius 2 is 1.89 bits per heavy atom. The van der Waals surface area contributed by atoms with E-state index in [1.54, 1.807) is 0 Å². The Morgan fingerprint density at radius 1 is 1.28 bits per heavy atom. The van der Waals surface area contributed by atoms with Crippen molar-refractivity contribution in [1.29, 1.82) is 0 Å². The average Bonchev–Trinajstić information content (AvgIpc) is 2.60. The quantitative estimate of drug-likeness (QED) is 0.814. The second-order valence-electron chi connectivity index (χ2n) is 7.08. The SMILES string of the molecule is CCCNC1CCN(CC2C(C)(C)C2(C)C)C1=O. The molecular weight excluding hydrogens is 224 g/mol. The van der Waals surface area contributed by atoms with E-state index in [0.717, 1.165) is 32.5 Å². The molecule has 18 heavy (non-hydrogen) atoms. The van der Waals surface area contributed by atoms with E-state index >= 15 is 0 Å². The number of hydrogen-bond acceptors (Lipinski definition) is 2. The first-order valence-electron chi connectivity index (χ1n) is 7.34. The van der Waals surface area contributed by atoms with Gasteiger partial charge in [0.2, 0.25) is 5.91 Å². The first kappa shape index (κ1) is 13.9. The van der Waals surface area contributed by atoms with Crippen LogP contribution < -0.4 is 5.32 Å². The molecular formula is C15H28N2O. The van der Waals surface area contributed by atoms with Gasteiger partial charge in [-0.05, 0) is 36.1 Å². The lowest BCUT2D eigenvalue weighted by Gasteiger charge is -2.18. The summed E-state index contributed by atoms with van der Waals surface area (Å²) in [7, 11) is 0. The van der Waals surface area contributed by atoms with E-state index in [-0.39, 0.29) is 6.04 Å². The smallest absolute Gasteiger partial charge is 0.239 e. The molecule has 0 aromatic carbocycles. The van der Waals surface area contributed by atoms with Gasteiger partial charge in [0.1, 0.15) is 0 Å². The van der Waals surface area contributed by atoms with E-state index in [0.29, 0.717) is 22.7 Å². The Kier molecular flexibility index (Phi) is 3.48. The number of hydrogen-bond donors (Lipinski definition) is 1. The second-order valence-corrected chi connectivity index (χ2v) is 7.08. The highest BCUT2D eigenvalue weighted by atomic mass is 16.2. The lowest BCUT2D eigenvalue weighted by atomic mass is 10.0. The number of nitrogens with zero attached hydrogens (tertiary/aromatic N) is 1. The van der Waals surface area contributed by atoms with Crippen LogP contribution in [0.1, 0.15) is 47.5 Å². The summed E-state index contributed by atoms with van der Waals surface area (Å²) >= 11 is 0. The summed E-state index contributed by atoms with van der Waals surface area (Å²) in [5.74, 6) is 0.973. The summed E-state index contributed by atoms with van der Waals surface area (Å²) in [6.07, 6.45) is 2.07. The minimum Gasteiger partial charge on any atom is -0.341 e. The minimum absolute atomic E-state index is 0.0786. The maximum absolute atomic E-state index is 12.3. The molecule has 0 aromatic heterocycles. The molecule has 1 atom stereocenters. The maximum atomic E-state index is 12.3. The van der Waals surface area contributed by atoms with Gasteiger partial charge in [-0.3, -0.25) is 4.79 Å². The van der Waals surface area contributed by atoms with Crippen LogP contribution in [0.3, 0.4) is 0 Å². The van der Waals surface area contributed by atoms with Crippen LogP contribution in [0, 0.1) is 16.7 Å². The maximum Gasteiger partial charge on any atom is 0.239 e. The molecule has 2 fully saturated rings. The number of carbonyl (C=O) groups excluding carboxylic acids is 1. The lowest BCUT2D eigenvalue weighted by Crippen LogP contribution is -2.39. The van der Waals surface area contributed by atoms with Gasteiger partial charge < -0.3 is 10.2 Å². The van der Waals surface area contributed by atoms with E-state index in [9.17, 15) is 4.79 Å². The molecule has 3 heteroatoms. The van der Waals surface area contributed by atoms with Gasteiger partial charge in [-0.2, -0.15) is 0 Å². The van der Waals surface area contributed by atoms with Crippen LogP contribution in [0.4, 0.5) is 0 Å². The zero-order chi connectivity index (χ0) is 13.6. The number of likely N-dealkylation sites (tertiary alicyclic amines) is 1. The molecule has 1 amide bonds. The van der Waals surface area contributed by atoms with Crippen molar-refractivity contribution in [2.75, 3.05) is 19.6 Å². The molecule has 0 aromatic rings. The molecule has 1 saturated carbocycles. The molecule has 1 aliphatic heterocycles. The van der Waals surface area contributed by atoms with Crippen molar-refractivity contribution in [1.82, 2.24) is 10.2 Å². The Bertz CT molecular complexity index is 321. The van der Waals surface area contributed by atoms with Crippen molar-refractivity contribution < 1.29 is 4.79 Å². The van der Waals surface area contributed by atoms with Gasteiger partial charge in [0, 0.05) is 13.1 Å². The molecule has 1 N–H and O–H groups in total. The average molecular weight is 252 g/mol. The van der Waals surface area contributed by atoms with Crippen LogP contribution in [0.15, 0.2) is 0 Å². The predicted octanol–water partition coefficient (Wildman–Crippen LogP) is 2.27. The number of rotatable bonds is 5. The molecule has 0 spiro atoms. The van der Waals surface area contributed by atoms with Crippen molar-refractivity contribution in [3.05, 3.63) is 0 Å². The topological polar surface area (TPSA) is 32.3 Å². The third-order valence-electron chi connectivity index (χ3n) is 5.66. The summed E-state index contributed by atoms with van der Waals surface area (Å²) in [4.78, 5) is 14.3. The summed E-state index contributed by atoms with van der Waals surface area (Å²) in [5, 5.41) is 3.35. The van der Waals surface area contributed by atoms with Crippen LogP contribution >= 0.6 is 0 Å². The highest BCUT2D eigenvalue weighted by molar-refractivity contribution is 5.84. The lowest BCUT2D eigenvalue weighted by molar-refractivity contribution is -0.129. The standard InChI is InChI=1S/C15H28N2O/c1-6-8-16-11-7-9-17(13(11)18)10-12-14(2,3)15(12,4)5/h11-12,16H,6-10H2,1-5H3. The van der Waals surface area contributed by atoms with Gasteiger partial charge in [-0.25, -0.2) is 0 Å². The Morgan fingerprint density at radius 3 is 2.39 bits per heavy atom. The van der Waals surface area contributed by atoms with Crippen molar-refractivity contribution in [3.8, 4) is 0 Å². The molecule has 104 valence electrons. The first-order valence-corrected chi connectivity index (χ1v) is 7.34. The predicted molar refractivity (Wildman–Crippen MR) is 74.3 cm³/mol. The summed E-state index contributed by atoms with van der Waals surface area (Å²) < 4.78 is 0. The minimum atomic E-state index is 0.0786. The molecule has 0 radical (unpaired) electrons. The Labute approximate surface area is 111 Å². The Hall–Kier alpha value is -0.570.